The molecule has 0 saturated heterocycles. The summed E-state index contributed by atoms with van der Waals surface area (Å²) in [5.74, 6) is -1.48. The van der Waals surface area contributed by atoms with Crippen LogP contribution >= 0.6 is 0 Å². The molecule has 0 aliphatic rings. The summed E-state index contributed by atoms with van der Waals surface area (Å²) in [6.45, 7) is 16.5. The number of rotatable bonds is 7. The fourth-order valence-electron chi connectivity index (χ4n) is 1.79. The van der Waals surface area contributed by atoms with Gasteiger partial charge in [-0.2, -0.15) is 4.90 Å². The summed E-state index contributed by atoms with van der Waals surface area (Å²) in [5.41, 5.74) is -1.90. The van der Waals surface area contributed by atoms with Crippen LogP contribution in [-0.2, 0) is 19.0 Å². The first kappa shape index (κ1) is 23.6. The van der Waals surface area contributed by atoms with E-state index in [0.717, 1.165) is 0 Å². The highest BCUT2D eigenvalue weighted by molar-refractivity contribution is 5.94. The number of carbonyl (C=O) groups excluding carboxylic acids is 2. The predicted molar refractivity (Wildman–Crippen MR) is 95.9 cm³/mol. The van der Waals surface area contributed by atoms with Gasteiger partial charge in [-0.1, -0.05) is 12.2 Å². The average molecular weight is 371 g/mol. The third-order valence-corrected chi connectivity index (χ3v) is 2.66. The third-order valence-electron chi connectivity index (χ3n) is 2.66. The molecule has 0 saturated carbocycles. The number of imide groups is 1. The average Bonchev–Trinajstić information content (AvgIpc) is 2.42. The van der Waals surface area contributed by atoms with Gasteiger partial charge in [-0.3, -0.25) is 0 Å². The zero-order chi connectivity index (χ0) is 20.7. The number of nitrogens with zero attached hydrogens (tertiary/aromatic N) is 1. The number of ether oxygens (including phenoxy) is 3. The minimum absolute atomic E-state index is 0.00303. The smallest absolute Gasteiger partial charge is 0.420 e. The van der Waals surface area contributed by atoms with Gasteiger partial charge in [0.05, 0.1) is 6.61 Å². The van der Waals surface area contributed by atoms with Gasteiger partial charge in [0.2, 0.25) is 0 Å². The zero-order valence-electron chi connectivity index (χ0n) is 16.3. The van der Waals surface area contributed by atoms with Crippen molar-refractivity contribution >= 4 is 18.2 Å². The van der Waals surface area contributed by atoms with E-state index in [2.05, 4.69) is 13.2 Å². The fraction of sp³-hybridized carbons (Fsp3) is 0.611. The van der Waals surface area contributed by atoms with E-state index in [-0.39, 0.29) is 6.61 Å². The van der Waals surface area contributed by atoms with E-state index < -0.39 is 41.5 Å². The standard InChI is InChI=1S/C18H29NO7/c1-9-11-24-12(10-2)13(14(20)21)19(15(22)25-17(3,4)5)16(23)26-18(6,7)8/h9-10,12-13H,1-2,11H2,3-8H3,(H,20,21)/t12-,13+/m0/s1. The highest BCUT2D eigenvalue weighted by atomic mass is 16.6. The van der Waals surface area contributed by atoms with Crippen molar-refractivity contribution in [2.24, 2.45) is 0 Å². The van der Waals surface area contributed by atoms with Crippen LogP contribution < -0.4 is 0 Å². The largest absolute Gasteiger partial charge is 0.480 e. The van der Waals surface area contributed by atoms with Gasteiger partial charge in [-0.05, 0) is 41.5 Å². The summed E-state index contributed by atoms with van der Waals surface area (Å²) in [6, 6.07) is -1.72. The summed E-state index contributed by atoms with van der Waals surface area (Å²) in [4.78, 5) is 37.3. The molecule has 0 rings (SSSR count). The molecule has 0 spiro atoms. The van der Waals surface area contributed by atoms with Gasteiger partial charge < -0.3 is 19.3 Å². The lowest BCUT2D eigenvalue weighted by Crippen LogP contribution is -2.56. The van der Waals surface area contributed by atoms with E-state index >= 15 is 0 Å². The highest BCUT2D eigenvalue weighted by Crippen LogP contribution is 2.20. The van der Waals surface area contributed by atoms with Crippen molar-refractivity contribution < 1.29 is 33.7 Å². The molecular formula is C18H29NO7. The first-order valence-corrected chi connectivity index (χ1v) is 8.06. The maximum absolute atomic E-state index is 12.6. The normalized spacial score (nSPS) is 13.9. The minimum Gasteiger partial charge on any atom is -0.480 e. The minimum atomic E-state index is -1.72. The van der Waals surface area contributed by atoms with Crippen molar-refractivity contribution in [3.63, 3.8) is 0 Å². The van der Waals surface area contributed by atoms with Crippen molar-refractivity contribution in [3.8, 4) is 0 Å². The van der Waals surface area contributed by atoms with E-state index in [1.165, 1.54) is 12.2 Å². The summed E-state index contributed by atoms with van der Waals surface area (Å²) in [6.07, 6.45) is -0.919. The van der Waals surface area contributed by atoms with Crippen LogP contribution in [0.5, 0.6) is 0 Å². The van der Waals surface area contributed by atoms with Crippen LogP contribution in [0.15, 0.2) is 25.3 Å². The molecule has 0 aromatic carbocycles. The second-order valence-corrected chi connectivity index (χ2v) is 7.44. The van der Waals surface area contributed by atoms with Crippen molar-refractivity contribution in [1.29, 1.82) is 0 Å². The maximum atomic E-state index is 12.6. The SMILES string of the molecule is C=CCO[C@@H](C=C)[C@H](C(=O)O)N(C(=O)OC(C)(C)C)C(=O)OC(C)(C)C. The summed E-state index contributed by atoms with van der Waals surface area (Å²) < 4.78 is 15.7. The molecule has 0 aliphatic carbocycles. The van der Waals surface area contributed by atoms with Gasteiger partial charge in [0.1, 0.15) is 17.3 Å². The van der Waals surface area contributed by atoms with E-state index in [1.807, 2.05) is 0 Å². The van der Waals surface area contributed by atoms with Crippen molar-refractivity contribution in [3.05, 3.63) is 25.3 Å². The number of hydrogen-bond acceptors (Lipinski definition) is 6. The Morgan fingerprint density at radius 3 is 1.69 bits per heavy atom. The number of amides is 2. The first-order chi connectivity index (χ1) is 11.7. The Kier molecular flexibility index (Phi) is 8.53. The number of hydrogen-bond donors (Lipinski definition) is 1. The number of aliphatic carboxylic acids is 1. The van der Waals surface area contributed by atoms with Gasteiger partial charge in [0.15, 0.2) is 6.04 Å². The van der Waals surface area contributed by atoms with Crippen LogP contribution in [0.2, 0.25) is 0 Å². The van der Waals surface area contributed by atoms with E-state index in [9.17, 15) is 19.5 Å². The van der Waals surface area contributed by atoms with Crippen molar-refractivity contribution in [2.45, 2.75) is 64.9 Å². The molecule has 26 heavy (non-hydrogen) atoms. The molecule has 0 heterocycles. The van der Waals surface area contributed by atoms with Crippen LogP contribution in [0.1, 0.15) is 41.5 Å². The molecule has 1 N–H and O–H groups in total. The van der Waals surface area contributed by atoms with Gasteiger partial charge in [0, 0.05) is 0 Å². The molecule has 8 nitrogen and oxygen atoms in total. The fourth-order valence-corrected chi connectivity index (χ4v) is 1.79. The monoisotopic (exact) mass is 371 g/mol. The van der Waals surface area contributed by atoms with Crippen LogP contribution in [0.4, 0.5) is 9.59 Å². The van der Waals surface area contributed by atoms with Crippen molar-refractivity contribution in [1.82, 2.24) is 4.90 Å². The third kappa shape index (κ3) is 8.15. The molecule has 0 radical (unpaired) electrons. The van der Waals surface area contributed by atoms with E-state index in [0.29, 0.717) is 4.90 Å². The molecule has 2 atom stereocenters. The summed E-state index contributed by atoms with van der Waals surface area (Å²) in [5, 5.41) is 9.63. The van der Waals surface area contributed by atoms with Crippen LogP contribution in [0, 0.1) is 0 Å². The van der Waals surface area contributed by atoms with Gasteiger partial charge in [-0.25, -0.2) is 14.4 Å². The second kappa shape index (κ2) is 9.38. The Labute approximate surface area is 154 Å². The van der Waals surface area contributed by atoms with E-state index in [1.54, 1.807) is 41.5 Å². The lowest BCUT2D eigenvalue weighted by Gasteiger charge is -2.33. The molecule has 0 aromatic heterocycles. The quantitative estimate of drug-likeness (QED) is 0.684. The molecule has 0 aliphatic heterocycles. The van der Waals surface area contributed by atoms with Gasteiger partial charge in [-0.15, -0.1) is 13.2 Å². The number of carbonyl (C=O) groups is 3. The van der Waals surface area contributed by atoms with Crippen LogP contribution in [0.25, 0.3) is 0 Å². The molecule has 0 fully saturated rings. The molecule has 0 aromatic rings. The molecular weight excluding hydrogens is 342 g/mol. The van der Waals surface area contributed by atoms with Gasteiger partial charge in [0.25, 0.3) is 0 Å². The summed E-state index contributed by atoms with van der Waals surface area (Å²) in [7, 11) is 0. The Morgan fingerprint density at radius 1 is 1.00 bits per heavy atom. The summed E-state index contributed by atoms with van der Waals surface area (Å²) >= 11 is 0. The Hall–Kier alpha value is -2.35. The zero-order valence-corrected chi connectivity index (χ0v) is 16.3. The predicted octanol–water partition coefficient (Wildman–Crippen LogP) is 3.37. The Morgan fingerprint density at radius 2 is 1.42 bits per heavy atom. The topological polar surface area (TPSA) is 102 Å². The maximum Gasteiger partial charge on any atom is 0.420 e. The molecule has 0 bridgehead atoms. The van der Waals surface area contributed by atoms with Crippen LogP contribution in [0.3, 0.4) is 0 Å². The van der Waals surface area contributed by atoms with E-state index in [4.69, 9.17) is 14.2 Å². The Balaban J connectivity index is 5.98. The van der Waals surface area contributed by atoms with Gasteiger partial charge >= 0.3 is 18.2 Å². The molecule has 2 amide bonds. The van der Waals surface area contributed by atoms with Crippen LogP contribution in [-0.4, -0.2) is 58.1 Å². The lowest BCUT2D eigenvalue weighted by atomic mass is 10.1. The lowest BCUT2D eigenvalue weighted by molar-refractivity contribution is -0.147. The van der Waals surface area contributed by atoms with Crippen molar-refractivity contribution in [2.75, 3.05) is 6.61 Å². The molecule has 8 heteroatoms. The number of carboxylic acid groups (broad SMARTS) is 1. The number of carboxylic acids is 1. The second-order valence-electron chi connectivity index (χ2n) is 7.44. The first-order valence-electron chi connectivity index (χ1n) is 8.06. The Bertz CT molecular complexity index is 515. The molecule has 148 valence electrons. The molecule has 0 unspecified atom stereocenters. The highest BCUT2D eigenvalue weighted by Gasteiger charge is 2.44.